The van der Waals surface area contributed by atoms with Gasteiger partial charge in [-0.05, 0) is 26.8 Å². The maximum Gasteiger partial charge on any atom is 0.145 e. The molecule has 0 aliphatic heterocycles. The van der Waals surface area contributed by atoms with Crippen LogP contribution in [0.15, 0.2) is 30.3 Å². The molecule has 1 aromatic carbocycles. The molecule has 0 aliphatic rings. The Balaban J connectivity index is 2.48. The number of benzene rings is 1. The van der Waals surface area contributed by atoms with Gasteiger partial charge in [-0.25, -0.2) is 9.97 Å². The van der Waals surface area contributed by atoms with Crippen molar-refractivity contribution in [3.05, 3.63) is 47.4 Å². The van der Waals surface area contributed by atoms with Crippen molar-refractivity contribution in [1.82, 2.24) is 9.97 Å². The van der Waals surface area contributed by atoms with Gasteiger partial charge in [0.1, 0.15) is 5.82 Å². The van der Waals surface area contributed by atoms with E-state index < -0.39 is 0 Å². The van der Waals surface area contributed by atoms with E-state index in [1.807, 2.05) is 19.9 Å². The van der Waals surface area contributed by atoms with Gasteiger partial charge in [-0.1, -0.05) is 29.8 Å². The zero-order valence-electron chi connectivity index (χ0n) is 10.4. The van der Waals surface area contributed by atoms with Gasteiger partial charge in [0.05, 0.1) is 11.7 Å². The highest BCUT2D eigenvalue weighted by molar-refractivity contribution is 5.59. The van der Waals surface area contributed by atoms with Crippen LogP contribution >= 0.6 is 0 Å². The van der Waals surface area contributed by atoms with Crippen molar-refractivity contribution in [3.8, 4) is 11.3 Å². The average Bonchev–Trinajstić information content (AvgIpc) is 2.29. The van der Waals surface area contributed by atoms with Crippen LogP contribution in [0.3, 0.4) is 0 Å². The Labute approximate surface area is 102 Å². The predicted octanol–water partition coefficient (Wildman–Crippen LogP) is 2.78. The molecule has 0 aliphatic carbocycles. The SMILES string of the molecule is Cc1ccc(-c2cc(C)nc(C(C)N)n2)cc1. The van der Waals surface area contributed by atoms with E-state index >= 15 is 0 Å². The number of rotatable bonds is 2. The molecule has 0 fully saturated rings. The van der Waals surface area contributed by atoms with Crippen LogP contribution in [0, 0.1) is 13.8 Å². The summed E-state index contributed by atoms with van der Waals surface area (Å²) in [7, 11) is 0. The largest absolute Gasteiger partial charge is 0.322 e. The van der Waals surface area contributed by atoms with E-state index in [1.165, 1.54) is 5.56 Å². The van der Waals surface area contributed by atoms with Gasteiger partial charge < -0.3 is 5.73 Å². The van der Waals surface area contributed by atoms with Crippen molar-refractivity contribution in [3.63, 3.8) is 0 Å². The summed E-state index contributed by atoms with van der Waals surface area (Å²) >= 11 is 0. The molecule has 0 radical (unpaired) electrons. The first kappa shape index (κ1) is 11.7. The summed E-state index contributed by atoms with van der Waals surface area (Å²) in [5.74, 6) is 0.695. The quantitative estimate of drug-likeness (QED) is 0.858. The molecule has 3 heteroatoms. The molecule has 0 bridgehead atoms. The van der Waals surface area contributed by atoms with Crippen LogP contribution in [0.4, 0.5) is 0 Å². The molecule has 0 saturated heterocycles. The van der Waals surface area contributed by atoms with Crippen LogP contribution in [0.1, 0.15) is 30.0 Å². The second-order valence-electron chi connectivity index (χ2n) is 4.41. The van der Waals surface area contributed by atoms with Crippen molar-refractivity contribution in [2.75, 3.05) is 0 Å². The summed E-state index contributed by atoms with van der Waals surface area (Å²) < 4.78 is 0. The summed E-state index contributed by atoms with van der Waals surface area (Å²) in [6.07, 6.45) is 0. The first-order chi connectivity index (χ1) is 8.06. The van der Waals surface area contributed by atoms with E-state index in [4.69, 9.17) is 5.73 Å². The first-order valence-electron chi connectivity index (χ1n) is 5.74. The molecule has 1 unspecified atom stereocenters. The number of hydrogen-bond donors (Lipinski definition) is 1. The van der Waals surface area contributed by atoms with E-state index in [9.17, 15) is 0 Å². The van der Waals surface area contributed by atoms with Gasteiger partial charge in [0.15, 0.2) is 0 Å². The van der Waals surface area contributed by atoms with Gasteiger partial charge in [-0.15, -0.1) is 0 Å². The number of nitrogens with zero attached hydrogens (tertiary/aromatic N) is 2. The van der Waals surface area contributed by atoms with E-state index in [1.54, 1.807) is 0 Å². The number of aromatic nitrogens is 2. The Bertz CT molecular complexity index is 515. The minimum atomic E-state index is -0.140. The van der Waals surface area contributed by atoms with E-state index in [-0.39, 0.29) is 6.04 Å². The first-order valence-corrected chi connectivity index (χ1v) is 5.74. The smallest absolute Gasteiger partial charge is 0.145 e. The van der Waals surface area contributed by atoms with E-state index in [0.29, 0.717) is 5.82 Å². The summed E-state index contributed by atoms with van der Waals surface area (Å²) in [6.45, 7) is 5.93. The zero-order valence-corrected chi connectivity index (χ0v) is 10.4. The van der Waals surface area contributed by atoms with E-state index in [2.05, 4.69) is 41.2 Å². The molecule has 2 rings (SSSR count). The molecular formula is C14H17N3. The molecular weight excluding hydrogens is 210 g/mol. The third kappa shape index (κ3) is 2.68. The minimum absolute atomic E-state index is 0.140. The monoisotopic (exact) mass is 227 g/mol. The van der Waals surface area contributed by atoms with Crippen LogP contribution in [-0.4, -0.2) is 9.97 Å². The van der Waals surface area contributed by atoms with Gasteiger partial charge in [0, 0.05) is 11.3 Å². The summed E-state index contributed by atoms with van der Waals surface area (Å²) in [5, 5.41) is 0. The molecule has 1 heterocycles. The molecule has 0 amide bonds. The van der Waals surface area contributed by atoms with Gasteiger partial charge in [-0.2, -0.15) is 0 Å². The highest BCUT2D eigenvalue weighted by Crippen LogP contribution is 2.19. The highest BCUT2D eigenvalue weighted by Gasteiger charge is 2.07. The third-order valence-corrected chi connectivity index (χ3v) is 2.63. The number of aryl methyl sites for hydroxylation is 2. The van der Waals surface area contributed by atoms with Crippen LogP contribution < -0.4 is 5.73 Å². The second-order valence-corrected chi connectivity index (χ2v) is 4.41. The van der Waals surface area contributed by atoms with Gasteiger partial charge in [0.2, 0.25) is 0 Å². The fourth-order valence-corrected chi connectivity index (χ4v) is 1.67. The summed E-state index contributed by atoms with van der Waals surface area (Å²) in [6, 6.07) is 10.1. The van der Waals surface area contributed by atoms with Crippen molar-refractivity contribution in [2.45, 2.75) is 26.8 Å². The molecule has 3 nitrogen and oxygen atoms in total. The van der Waals surface area contributed by atoms with E-state index in [0.717, 1.165) is 17.0 Å². The fourth-order valence-electron chi connectivity index (χ4n) is 1.67. The minimum Gasteiger partial charge on any atom is -0.322 e. The summed E-state index contributed by atoms with van der Waals surface area (Å²) in [5.41, 5.74) is 10.1. The molecule has 1 atom stereocenters. The maximum absolute atomic E-state index is 5.83. The molecule has 1 aromatic heterocycles. The molecule has 88 valence electrons. The maximum atomic E-state index is 5.83. The fraction of sp³-hybridized carbons (Fsp3) is 0.286. The Morgan fingerprint density at radius 1 is 1.06 bits per heavy atom. The van der Waals surface area contributed by atoms with Gasteiger partial charge in [0.25, 0.3) is 0 Å². The van der Waals surface area contributed by atoms with Crippen molar-refractivity contribution >= 4 is 0 Å². The number of hydrogen-bond acceptors (Lipinski definition) is 3. The lowest BCUT2D eigenvalue weighted by atomic mass is 10.1. The van der Waals surface area contributed by atoms with Crippen LogP contribution in [0.5, 0.6) is 0 Å². The standard InChI is InChI=1S/C14H17N3/c1-9-4-6-12(7-5-9)13-8-10(2)16-14(17-13)11(3)15/h4-8,11H,15H2,1-3H3. The second kappa shape index (κ2) is 4.63. The topological polar surface area (TPSA) is 51.8 Å². The Morgan fingerprint density at radius 3 is 2.29 bits per heavy atom. The third-order valence-electron chi connectivity index (χ3n) is 2.63. The van der Waals surface area contributed by atoms with Gasteiger partial charge >= 0.3 is 0 Å². The summed E-state index contributed by atoms with van der Waals surface area (Å²) in [4.78, 5) is 8.84. The Kier molecular flexibility index (Phi) is 3.20. The van der Waals surface area contributed by atoms with Crippen LogP contribution in [0.2, 0.25) is 0 Å². The molecule has 2 N–H and O–H groups in total. The lowest BCUT2D eigenvalue weighted by Gasteiger charge is -2.08. The molecule has 2 aromatic rings. The lowest BCUT2D eigenvalue weighted by molar-refractivity contribution is 0.735. The molecule has 0 saturated carbocycles. The average molecular weight is 227 g/mol. The van der Waals surface area contributed by atoms with Crippen molar-refractivity contribution in [1.29, 1.82) is 0 Å². The van der Waals surface area contributed by atoms with Crippen LogP contribution in [0.25, 0.3) is 11.3 Å². The lowest BCUT2D eigenvalue weighted by Crippen LogP contribution is -2.11. The Hall–Kier alpha value is -1.74. The molecule has 17 heavy (non-hydrogen) atoms. The number of nitrogens with two attached hydrogens (primary N) is 1. The normalized spacial score (nSPS) is 12.5. The van der Waals surface area contributed by atoms with Crippen molar-refractivity contribution < 1.29 is 0 Å². The molecule has 0 spiro atoms. The highest BCUT2D eigenvalue weighted by atomic mass is 14.9. The predicted molar refractivity (Wildman–Crippen MR) is 69.5 cm³/mol. The van der Waals surface area contributed by atoms with Crippen LogP contribution in [-0.2, 0) is 0 Å². The van der Waals surface area contributed by atoms with Crippen molar-refractivity contribution in [2.24, 2.45) is 5.73 Å². The van der Waals surface area contributed by atoms with Gasteiger partial charge in [-0.3, -0.25) is 0 Å². The Morgan fingerprint density at radius 2 is 1.71 bits per heavy atom. The zero-order chi connectivity index (χ0) is 12.4.